The molecule has 3 rings (SSSR count). The quantitative estimate of drug-likeness (QED) is 0.294. The third-order valence-corrected chi connectivity index (χ3v) is 8.93. The lowest BCUT2D eigenvalue weighted by Gasteiger charge is -2.29. The third kappa shape index (κ3) is 4.75. The standard InChI is InChI=1S/C28H33O2P/c1-16-10-19(4)26(20(5)11-16)31(27-21(6)12-17(2)13-22(27)7)28-23(8)14-18(3)15-25(28)30-24(9)29/h10-15H,1-9H3. The minimum Gasteiger partial charge on any atom is -0.426 e. The maximum Gasteiger partial charge on any atom is 0.308 e. The Morgan fingerprint density at radius 3 is 1.26 bits per heavy atom. The van der Waals surface area contributed by atoms with Gasteiger partial charge in [-0.25, -0.2) is 0 Å². The largest absolute Gasteiger partial charge is 0.426 e. The van der Waals surface area contributed by atoms with Gasteiger partial charge in [-0.3, -0.25) is 4.79 Å². The molecule has 0 N–H and O–H groups in total. The molecule has 0 aliphatic carbocycles. The number of benzene rings is 3. The van der Waals surface area contributed by atoms with Crippen LogP contribution in [0.3, 0.4) is 0 Å². The lowest BCUT2D eigenvalue weighted by atomic mass is 10.1. The van der Waals surface area contributed by atoms with Crippen LogP contribution in [0.5, 0.6) is 5.75 Å². The number of carbonyl (C=O) groups is 1. The van der Waals surface area contributed by atoms with Crippen molar-refractivity contribution in [3.05, 3.63) is 80.9 Å². The van der Waals surface area contributed by atoms with Crippen LogP contribution in [0, 0.1) is 55.4 Å². The van der Waals surface area contributed by atoms with E-state index >= 15 is 0 Å². The van der Waals surface area contributed by atoms with E-state index in [1.54, 1.807) is 0 Å². The fourth-order valence-electron chi connectivity index (χ4n) is 4.83. The molecule has 0 bridgehead atoms. The molecule has 0 saturated heterocycles. The van der Waals surface area contributed by atoms with Gasteiger partial charge in [-0.15, -0.1) is 0 Å². The van der Waals surface area contributed by atoms with Crippen LogP contribution in [0.4, 0.5) is 0 Å². The summed E-state index contributed by atoms with van der Waals surface area (Å²) in [7, 11) is -0.916. The summed E-state index contributed by atoms with van der Waals surface area (Å²) in [6.07, 6.45) is 0. The maximum atomic E-state index is 12.0. The molecule has 3 heteroatoms. The number of carbonyl (C=O) groups excluding carboxylic acids is 1. The molecule has 2 nitrogen and oxygen atoms in total. The summed E-state index contributed by atoms with van der Waals surface area (Å²) >= 11 is 0. The van der Waals surface area contributed by atoms with E-state index in [1.807, 2.05) is 6.07 Å². The zero-order chi connectivity index (χ0) is 23.0. The average molecular weight is 433 g/mol. The van der Waals surface area contributed by atoms with Gasteiger partial charge in [0.15, 0.2) is 0 Å². The van der Waals surface area contributed by atoms with E-state index in [-0.39, 0.29) is 5.97 Å². The zero-order valence-corrected chi connectivity index (χ0v) is 21.1. The fraction of sp³-hybridized carbons (Fsp3) is 0.321. The molecule has 0 aromatic heterocycles. The van der Waals surface area contributed by atoms with E-state index in [2.05, 4.69) is 85.7 Å². The van der Waals surface area contributed by atoms with Crippen LogP contribution in [0.2, 0.25) is 0 Å². The van der Waals surface area contributed by atoms with Crippen LogP contribution < -0.4 is 20.7 Å². The summed E-state index contributed by atoms with van der Waals surface area (Å²) in [6.45, 7) is 18.8. The van der Waals surface area contributed by atoms with E-state index in [1.165, 1.54) is 56.5 Å². The second kappa shape index (κ2) is 8.97. The summed E-state index contributed by atoms with van der Waals surface area (Å²) in [6, 6.07) is 13.3. The molecule has 0 fully saturated rings. The van der Waals surface area contributed by atoms with Gasteiger partial charge in [-0.05, 0) is 113 Å². The average Bonchev–Trinajstić information content (AvgIpc) is 2.58. The van der Waals surface area contributed by atoms with Gasteiger partial charge < -0.3 is 4.74 Å². The van der Waals surface area contributed by atoms with Crippen molar-refractivity contribution in [1.82, 2.24) is 0 Å². The summed E-state index contributed by atoms with van der Waals surface area (Å²) in [5.41, 5.74) is 9.96. The van der Waals surface area contributed by atoms with E-state index < -0.39 is 7.92 Å². The molecule has 0 unspecified atom stereocenters. The first-order valence-electron chi connectivity index (χ1n) is 10.7. The fourth-order valence-corrected chi connectivity index (χ4v) is 7.91. The molecule has 31 heavy (non-hydrogen) atoms. The van der Waals surface area contributed by atoms with E-state index in [9.17, 15) is 4.79 Å². The third-order valence-electron chi connectivity index (χ3n) is 5.61. The lowest BCUT2D eigenvalue weighted by Crippen LogP contribution is -2.30. The molecule has 3 aromatic carbocycles. The van der Waals surface area contributed by atoms with Crippen molar-refractivity contribution in [3.63, 3.8) is 0 Å². The first-order chi connectivity index (χ1) is 14.5. The highest BCUT2D eigenvalue weighted by Gasteiger charge is 2.29. The molecule has 0 spiro atoms. The van der Waals surface area contributed by atoms with E-state index in [0.29, 0.717) is 5.75 Å². The monoisotopic (exact) mass is 432 g/mol. The summed E-state index contributed by atoms with van der Waals surface area (Å²) in [4.78, 5) is 12.0. The van der Waals surface area contributed by atoms with Crippen LogP contribution in [0.1, 0.15) is 51.4 Å². The highest BCUT2D eigenvalue weighted by Crippen LogP contribution is 2.42. The van der Waals surface area contributed by atoms with Gasteiger partial charge in [-0.1, -0.05) is 41.5 Å². The summed E-state index contributed by atoms with van der Waals surface area (Å²) in [5, 5.41) is 3.85. The van der Waals surface area contributed by atoms with E-state index in [0.717, 1.165) is 10.9 Å². The number of hydrogen-bond acceptors (Lipinski definition) is 2. The Hall–Kier alpha value is -2.44. The van der Waals surface area contributed by atoms with Crippen LogP contribution in [0.15, 0.2) is 36.4 Å². The minimum absolute atomic E-state index is 0.282. The minimum atomic E-state index is -0.916. The molecule has 0 radical (unpaired) electrons. The molecule has 0 atom stereocenters. The molecular formula is C28H33O2P. The highest BCUT2D eigenvalue weighted by molar-refractivity contribution is 7.80. The van der Waals surface area contributed by atoms with Crippen LogP contribution in [-0.4, -0.2) is 5.97 Å². The van der Waals surface area contributed by atoms with Crippen LogP contribution >= 0.6 is 7.92 Å². The van der Waals surface area contributed by atoms with Gasteiger partial charge in [0.05, 0.1) is 0 Å². The Balaban J connectivity index is 2.47. The zero-order valence-electron chi connectivity index (χ0n) is 20.2. The molecular weight excluding hydrogens is 399 g/mol. The van der Waals surface area contributed by atoms with E-state index in [4.69, 9.17) is 4.74 Å². The van der Waals surface area contributed by atoms with Gasteiger partial charge in [0, 0.05) is 12.2 Å². The Kier molecular flexibility index (Phi) is 6.72. The lowest BCUT2D eigenvalue weighted by molar-refractivity contribution is -0.131. The van der Waals surface area contributed by atoms with Crippen molar-refractivity contribution in [3.8, 4) is 5.75 Å². The van der Waals surface area contributed by atoms with Gasteiger partial charge in [0.25, 0.3) is 0 Å². The van der Waals surface area contributed by atoms with Crippen molar-refractivity contribution in [1.29, 1.82) is 0 Å². The molecule has 0 aliphatic rings. The van der Waals surface area contributed by atoms with Crippen molar-refractivity contribution in [2.75, 3.05) is 0 Å². The number of ether oxygens (including phenoxy) is 1. The Morgan fingerprint density at radius 1 is 0.581 bits per heavy atom. The van der Waals surface area contributed by atoms with Crippen molar-refractivity contribution in [2.45, 2.75) is 62.3 Å². The van der Waals surface area contributed by atoms with Crippen molar-refractivity contribution >= 4 is 29.8 Å². The summed E-state index contributed by atoms with van der Waals surface area (Å²) < 4.78 is 5.82. The molecule has 0 heterocycles. The second-order valence-corrected chi connectivity index (χ2v) is 10.9. The van der Waals surface area contributed by atoms with Crippen molar-refractivity contribution < 1.29 is 9.53 Å². The first-order valence-corrected chi connectivity index (χ1v) is 12.1. The number of hydrogen-bond donors (Lipinski definition) is 0. The number of esters is 1. The normalized spacial score (nSPS) is 11.2. The Labute approximate surface area is 188 Å². The predicted octanol–water partition coefficient (Wildman–Crippen LogP) is 5.84. The molecule has 162 valence electrons. The van der Waals surface area contributed by atoms with Gasteiger partial charge in [-0.2, -0.15) is 0 Å². The molecule has 3 aromatic rings. The smallest absolute Gasteiger partial charge is 0.308 e. The van der Waals surface area contributed by atoms with Crippen LogP contribution in [-0.2, 0) is 4.79 Å². The number of rotatable bonds is 4. The second-order valence-electron chi connectivity index (χ2n) is 8.85. The van der Waals surface area contributed by atoms with Crippen molar-refractivity contribution in [2.24, 2.45) is 0 Å². The Bertz CT molecular complexity index is 1070. The summed E-state index contributed by atoms with van der Waals surface area (Å²) in [5.74, 6) is 0.408. The highest BCUT2D eigenvalue weighted by atomic mass is 31.1. The Morgan fingerprint density at radius 2 is 0.903 bits per heavy atom. The molecule has 0 saturated carbocycles. The van der Waals surface area contributed by atoms with Gasteiger partial charge in [0.1, 0.15) is 5.75 Å². The van der Waals surface area contributed by atoms with Gasteiger partial charge >= 0.3 is 5.97 Å². The number of aryl methyl sites for hydroxylation is 8. The maximum absolute atomic E-state index is 12.0. The SMILES string of the molecule is CC(=O)Oc1cc(C)cc(C)c1P(c1c(C)cc(C)cc1C)c1c(C)cc(C)cc1C. The van der Waals surface area contributed by atoms with Crippen LogP contribution in [0.25, 0.3) is 0 Å². The predicted molar refractivity (Wildman–Crippen MR) is 134 cm³/mol. The first kappa shape index (κ1) is 23.2. The van der Waals surface area contributed by atoms with Gasteiger partial charge in [0.2, 0.25) is 0 Å². The topological polar surface area (TPSA) is 26.3 Å². The molecule has 0 amide bonds. The molecule has 0 aliphatic heterocycles.